The van der Waals surface area contributed by atoms with Crippen molar-refractivity contribution >= 4 is 38.2 Å². The van der Waals surface area contributed by atoms with Crippen molar-refractivity contribution in [3.8, 4) is 0 Å². The molecule has 24 heavy (non-hydrogen) atoms. The first-order valence-electron chi connectivity index (χ1n) is 8.22. The molecule has 6 nitrogen and oxygen atoms in total. The number of anilines is 1. The van der Waals surface area contributed by atoms with Gasteiger partial charge in [0.05, 0.1) is 10.4 Å². The van der Waals surface area contributed by atoms with Gasteiger partial charge in [-0.15, -0.1) is 0 Å². The van der Waals surface area contributed by atoms with E-state index in [4.69, 9.17) is 0 Å². The lowest BCUT2D eigenvalue weighted by molar-refractivity contribution is -0.384. The molecule has 128 valence electrons. The number of hydrogen-bond donors (Lipinski definition) is 1. The highest BCUT2D eigenvalue weighted by Crippen LogP contribution is 2.38. The molecule has 1 saturated heterocycles. The zero-order valence-electron chi connectivity index (χ0n) is 13.7. The van der Waals surface area contributed by atoms with E-state index < -0.39 is 0 Å². The predicted molar refractivity (Wildman–Crippen MR) is 99.6 cm³/mol. The van der Waals surface area contributed by atoms with Crippen molar-refractivity contribution in [2.75, 3.05) is 31.6 Å². The second-order valence-corrected chi connectivity index (χ2v) is 7.15. The first-order valence-corrected chi connectivity index (χ1v) is 9.01. The van der Waals surface area contributed by atoms with E-state index in [-0.39, 0.29) is 10.6 Å². The summed E-state index contributed by atoms with van der Waals surface area (Å²) < 4.78 is 0.905. The van der Waals surface area contributed by atoms with Crippen LogP contribution in [0.4, 0.5) is 11.4 Å². The molecule has 1 aliphatic rings. The molecule has 0 atom stereocenters. The van der Waals surface area contributed by atoms with Crippen LogP contribution in [-0.2, 0) is 0 Å². The standard InChI is InChI=1S/C17H21BrN4O2/c1-19-7-4-12-5-8-21(9-6-12)17-14-10-13(18)2-3-15(14)20-11-16(17)22(23)24/h2-3,10-12,19H,4-9H2,1H3. The van der Waals surface area contributed by atoms with Crippen molar-refractivity contribution in [3.63, 3.8) is 0 Å². The number of pyridine rings is 1. The van der Waals surface area contributed by atoms with Gasteiger partial charge in [-0.3, -0.25) is 10.1 Å². The molecular formula is C17H21BrN4O2. The van der Waals surface area contributed by atoms with Gasteiger partial charge in [0.2, 0.25) is 0 Å². The van der Waals surface area contributed by atoms with Crippen LogP contribution < -0.4 is 10.2 Å². The quantitative estimate of drug-likeness (QED) is 0.619. The first-order chi connectivity index (χ1) is 11.6. The highest BCUT2D eigenvalue weighted by molar-refractivity contribution is 9.10. The Balaban J connectivity index is 1.94. The van der Waals surface area contributed by atoms with Crippen LogP contribution in [0.5, 0.6) is 0 Å². The molecule has 0 spiro atoms. The van der Waals surface area contributed by atoms with Crippen LogP contribution in [0.15, 0.2) is 28.9 Å². The summed E-state index contributed by atoms with van der Waals surface area (Å²) >= 11 is 3.47. The van der Waals surface area contributed by atoms with E-state index in [2.05, 4.69) is 31.1 Å². The summed E-state index contributed by atoms with van der Waals surface area (Å²) in [5.41, 5.74) is 1.59. The topological polar surface area (TPSA) is 71.3 Å². The molecule has 3 rings (SSSR count). The molecule has 1 fully saturated rings. The van der Waals surface area contributed by atoms with Gasteiger partial charge in [-0.25, -0.2) is 4.98 Å². The second-order valence-electron chi connectivity index (χ2n) is 6.23. The summed E-state index contributed by atoms with van der Waals surface area (Å²) in [5.74, 6) is 0.688. The van der Waals surface area contributed by atoms with Crippen molar-refractivity contribution in [2.24, 2.45) is 5.92 Å². The largest absolute Gasteiger partial charge is 0.365 e. The van der Waals surface area contributed by atoms with E-state index in [1.165, 1.54) is 6.20 Å². The van der Waals surface area contributed by atoms with Crippen molar-refractivity contribution < 1.29 is 4.92 Å². The Morgan fingerprint density at radius 3 is 2.83 bits per heavy atom. The van der Waals surface area contributed by atoms with Crippen molar-refractivity contribution in [1.29, 1.82) is 0 Å². The summed E-state index contributed by atoms with van der Waals surface area (Å²) in [7, 11) is 1.97. The molecule has 1 aromatic carbocycles. The minimum absolute atomic E-state index is 0.0919. The average molecular weight is 393 g/mol. The van der Waals surface area contributed by atoms with Gasteiger partial charge in [0.15, 0.2) is 0 Å². The van der Waals surface area contributed by atoms with Crippen LogP contribution >= 0.6 is 15.9 Å². The third-order valence-corrected chi connectivity index (χ3v) is 5.21. The number of hydrogen-bond acceptors (Lipinski definition) is 5. The van der Waals surface area contributed by atoms with Gasteiger partial charge >= 0.3 is 5.69 Å². The maximum Gasteiger partial charge on any atom is 0.311 e. The smallest absolute Gasteiger partial charge is 0.311 e. The predicted octanol–water partition coefficient (Wildman–Crippen LogP) is 3.73. The third-order valence-electron chi connectivity index (χ3n) is 4.71. The SMILES string of the molecule is CNCCC1CCN(c2c([N+](=O)[O-])cnc3ccc(Br)cc23)CC1. The van der Waals surface area contributed by atoms with Gasteiger partial charge in [0.25, 0.3) is 0 Å². The maximum absolute atomic E-state index is 11.5. The van der Waals surface area contributed by atoms with Gasteiger partial charge < -0.3 is 10.2 Å². The Kier molecular flexibility index (Phi) is 5.30. The van der Waals surface area contributed by atoms with Crippen LogP contribution in [0, 0.1) is 16.0 Å². The van der Waals surface area contributed by atoms with E-state index in [9.17, 15) is 10.1 Å². The fourth-order valence-corrected chi connectivity index (χ4v) is 3.76. The molecule has 1 aromatic heterocycles. The number of nitrogens with zero attached hydrogens (tertiary/aromatic N) is 3. The fraction of sp³-hybridized carbons (Fsp3) is 0.471. The van der Waals surface area contributed by atoms with Crippen LogP contribution in [-0.4, -0.2) is 36.6 Å². The van der Waals surface area contributed by atoms with Gasteiger partial charge in [-0.2, -0.15) is 0 Å². The number of rotatable bonds is 5. The molecule has 0 radical (unpaired) electrons. The Labute approximate surface area is 149 Å². The van der Waals surface area contributed by atoms with Gasteiger partial charge in [0, 0.05) is 22.9 Å². The normalized spacial score (nSPS) is 15.8. The first kappa shape index (κ1) is 17.1. The number of fused-ring (bicyclic) bond motifs is 1. The summed E-state index contributed by atoms with van der Waals surface area (Å²) in [4.78, 5) is 17.6. The van der Waals surface area contributed by atoms with Gasteiger partial charge in [-0.1, -0.05) is 15.9 Å². The lowest BCUT2D eigenvalue weighted by Crippen LogP contribution is -2.35. The molecule has 2 aromatic rings. The number of nitrogens with one attached hydrogen (secondary N) is 1. The number of nitro groups is 1. The molecule has 0 saturated carbocycles. The van der Waals surface area contributed by atoms with Crippen molar-refractivity contribution in [1.82, 2.24) is 10.3 Å². The Morgan fingerprint density at radius 2 is 2.17 bits per heavy atom. The van der Waals surface area contributed by atoms with Gasteiger partial charge in [-0.05, 0) is 57.0 Å². The lowest BCUT2D eigenvalue weighted by atomic mass is 9.93. The molecule has 7 heteroatoms. The Morgan fingerprint density at radius 1 is 1.42 bits per heavy atom. The number of aromatic nitrogens is 1. The highest BCUT2D eigenvalue weighted by Gasteiger charge is 2.27. The Bertz CT molecular complexity index is 745. The zero-order chi connectivity index (χ0) is 17.1. The second kappa shape index (κ2) is 7.44. The van der Waals surface area contributed by atoms with E-state index >= 15 is 0 Å². The zero-order valence-corrected chi connectivity index (χ0v) is 15.3. The van der Waals surface area contributed by atoms with Crippen LogP contribution in [0.25, 0.3) is 10.9 Å². The van der Waals surface area contributed by atoms with Crippen molar-refractivity contribution in [2.45, 2.75) is 19.3 Å². The highest BCUT2D eigenvalue weighted by atomic mass is 79.9. The molecule has 0 amide bonds. The summed E-state index contributed by atoms with van der Waals surface area (Å²) in [6, 6.07) is 5.74. The summed E-state index contributed by atoms with van der Waals surface area (Å²) in [6.45, 7) is 2.72. The van der Waals surface area contributed by atoms with Crippen LogP contribution in [0.3, 0.4) is 0 Å². The average Bonchev–Trinajstić information content (AvgIpc) is 2.59. The lowest BCUT2D eigenvalue weighted by Gasteiger charge is -2.33. The Hall–Kier alpha value is -1.73. The third kappa shape index (κ3) is 3.52. The van der Waals surface area contributed by atoms with Crippen LogP contribution in [0.1, 0.15) is 19.3 Å². The molecule has 1 aliphatic heterocycles. The monoisotopic (exact) mass is 392 g/mol. The molecule has 2 heterocycles. The summed E-state index contributed by atoms with van der Waals surface area (Å²) in [5, 5.41) is 15.6. The maximum atomic E-state index is 11.5. The fourth-order valence-electron chi connectivity index (χ4n) is 3.40. The van der Waals surface area contributed by atoms with E-state index in [1.54, 1.807) is 0 Å². The summed E-state index contributed by atoms with van der Waals surface area (Å²) in [6.07, 6.45) is 4.68. The van der Waals surface area contributed by atoms with E-state index in [0.717, 1.165) is 54.3 Å². The van der Waals surface area contributed by atoms with E-state index in [1.807, 2.05) is 25.2 Å². The molecule has 0 unspecified atom stereocenters. The molecule has 1 N–H and O–H groups in total. The van der Waals surface area contributed by atoms with Crippen LogP contribution in [0.2, 0.25) is 0 Å². The molecule has 0 bridgehead atoms. The number of benzene rings is 1. The van der Waals surface area contributed by atoms with E-state index in [0.29, 0.717) is 11.6 Å². The molecular weight excluding hydrogens is 372 g/mol. The minimum atomic E-state index is -0.324. The van der Waals surface area contributed by atoms with Gasteiger partial charge in [0.1, 0.15) is 11.9 Å². The number of halogens is 1. The minimum Gasteiger partial charge on any atom is -0.365 e. The van der Waals surface area contributed by atoms with Crippen molar-refractivity contribution in [3.05, 3.63) is 39.0 Å². The molecule has 0 aliphatic carbocycles. The number of piperidine rings is 1.